The largest absolute Gasteiger partial charge is 0.496 e. The monoisotopic (exact) mass is 487 g/mol. The normalized spacial score (nSPS) is 12.5. The molecule has 0 saturated carbocycles. The van der Waals surface area contributed by atoms with Gasteiger partial charge in [-0.2, -0.15) is 0 Å². The van der Waals surface area contributed by atoms with E-state index in [0.29, 0.717) is 34.6 Å². The van der Waals surface area contributed by atoms with Crippen molar-refractivity contribution in [3.05, 3.63) is 87.7 Å². The molecule has 0 fully saturated rings. The summed E-state index contributed by atoms with van der Waals surface area (Å²) in [5, 5.41) is 0. The summed E-state index contributed by atoms with van der Waals surface area (Å²) < 4.78 is 11.2. The Bertz CT molecular complexity index is 1320. The smallest absolute Gasteiger partial charge is 0.261 e. The zero-order valence-electron chi connectivity index (χ0n) is 21.1. The van der Waals surface area contributed by atoms with Crippen molar-refractivity contribution < 1.29 is 23.9 Å². The van der Waals surface area contributed by atoms with Crippen LogP contribution in [0.25, 0.3) is 0 Å². The number of hydrogen-bond acceptors (Lipinski definition) is 6. The van der Waals surface area contributed by atoms with Gasteiger partial charge in [-0.1, -0.05) is 18.2 Å². The number of imide groups is 1. The summed E-state index contributed by atoms with van der Waals surface area (Å²) >= 11 is 0. The van der Waals surface area contributed by atoms with Gasteiger partial charge in [-0.05, 0) is 50.6 Å². The standard InChI is InChI=1S/C28H29N3O5/c1-6-36-24-12-11-19(15-31-27(33)20-9-7-8-10-21(20)28(31)34)13-22(24)26(32)30(4)16-23-18(3)25(35-5)17(2)14-29-23/h7-14H,6,15-16H2,1-5H3. The molecule has 1 aliphatic heterocycles. The molecule has 0 spiro atoms. The van der Waals surface area contributed by atoms with Crippen LogP contribution in [-0.4, -0.2) is 53.3 Å². The lowest BCUT2D eigenvalue weighted by Gasteiger charge is -2.22. The molecule has 8 heteroatoms. The molecular formula is C28H29N3O5. The average Bonchev–Trinajstić information content (AvgIpc) is 3.11. The summed E-state index contributed by atoms with van der Waals surface area (Å²) in [4.78, 5) is 46.4. The van der Waals surface area contributed by atoms with E-state index in [9.17, 15) is 14.4 Å². The Morgan fingerprint density at radius 3 is 2.33 bits per heavy atom. The zero-order valence-corrected chi connectivity index (χ0v) is 21.1. The number of carbonyl (C=O) groups is 3. The molecule has 0 aliphatic carbocycles. The molecule has 3 amide bonds. The van der Waals surface area contributed by atoms with Crippen molar-refractivity contribution in [1.29, 1.82) is 0 Å². The molecule has 0 saturated heterocycles. The maximum Gasteiger partial charge on any atom is 0.261 e. The first-order chi connectivity index (χ1) is 17.3. The number of nitrogens with zero attached hydrogens (tertiary/aromatic N) is 3. The Balaban J connectivity index is 1.60. The van der Waals surface area contributed by atoms with Gasteiger partial charge in [0.2, 0.25) is 0 Å². The van der Waals surface area contributed by atoms with Crippen molar-refractivity contribution in [2.75, 3.05) is 20.8 Å². The summed E-state index contributed by atoms with van der Waals surface area (Å²) in [6.07, 6.45) is 1.73. The van der Waals surface area contributed by atoms with Crippen molar-refractivity contribution in [3.63, 3.8) is 0 Å². The number of methoxy groups -OCH3 is 1. The second-order valence-electron chi connectivity index (χ2n) is 8.71. The average molecular weight is 488 g/mol. The highest BCUT2D eigenvalue weighted by atomic mass is 16.5. The number of carbonyl (C=O) groups excluding carboxylic acids is 3. The lowest BCUT2D eigenvalue weighted by molar-refractivity contribution is 0.0642. The number of ether oxygens (including phenoxy) is 2. The van der Waals surface area contributed by atoms with Crippen LogP contribution in [0.2, 0.25) is 0 Å². The van der Waals surface area contributed by atoms with E-state index in [1.807, 2.05) is 20.8 Å². The summed E-state index contributed by atoms with van der Waals surface area (Å²) in [7, 11) is 3.31. The molecule has 4 rings (SSSR count). The summed E-state index contributed by atoms with van der Waals surface area (Å²) in [6, 6.07) is 11.9. The molecule has 0 bridgehead atoms. The molecular weight excluding hydrogens is 458 g/mol. The number of hydrogen-bond donors (Lipinski definition) is 0. The minimum Gasteiger partial charge on any atom is -0.496 e. The van der Waals surface area contributed by atoms with Gasteiger partial charge in [0.05, 0.1) is 49.2 Å². The molecule has 1 aromatic heterocycles. The number of aryl methyl sites for hydroxylation is 1. The van der Waals surface area contributed by atoms with E-state index in [4.69, 9.17) is 9.47 Å². The topological polar surface area (TPSA) is 89.0 Å². The molecule has 0 radical (unpaired) electrons. The molecule has 8 nitrogen and oxygen atoms in total. The SMILES string of the molecule is CCOc1ccc(CN2C(=O)c3ccccc3C2=O)cc1C(=O)N(C)Cc1ncc(C)c(OC)c1C. The molecule has 36 heavy (non-hydrogen) atoms. The highest BCUT2D eigenvalue weighted by molar-refractivity contribution is 6.21. The molecule has 186 valence electrons. The van der Waals surface area contributed by atoms with E-state index in [1.54, 1.807) is 67.7 Å². The molecule has 2 aromatic carbocycles. The number of fused-ring (bicyclic) bond motifs is 1. The van der Waals surface area contributed by atoms with E-state index in [-0.39, 0.29) is 30.8 Å². The first-order valence-corrected chi connectivity index (χ1v) is 11.7. The van der Waals surface area contributed by atoms with Gasteiger partial charge in [0.1, 0.15) is 11.5 Å². The maximum atomic E-state index is 13.5. The summed E-state index contributed by atoms with van der Waals surface area (Å²) in [6.45, 7) is 6.40. The van der Waals surface area contributed by atoms with Gasteiger partial charge in [-0.25, -0.2) is 0 Å². The minimum atomic E-state index is -0.343. The van der Waals surface area contributed by atoms with Crippen molar-refractivity contribution in [3.8, 4) is 11.5 Å². The third-order valence-electron chi connectivity index (χ3n) is 6.28. The van der Waals surface area contributed by atoms with E-state index in [1.165, 1.54) is 4.90 Å². The molecule has 0 N–H and O–H groups in total. The van der Waals surface area contributed by atoms with Gasteiger partial charge < -0.3 is 14.4 Å². The van der Waals surface area contributed by atoms with Crippen LogP contribution in [0.3, 0.4) is 0 Å². The van der Waals surface area contributed by atoms with Crippen LogP contribution in [0, 0.1) is 13.8 Å². The minimum absolute atomic E-state index is 0.0541. The Labute approximate surface area is 210 Å². The first kappa shape index (κ1) is 24.9. The van der Waals surface area contributed by atoms with Gasteiger partial charge in [0.25, 0.3) is 17.7 Å². The first-order valence-electron chi connectivity index (χ1n) is 11.7. The van der Waals surface area contributed by atoms with Crippen LogP contribution < -0.4 is 9.47 Å². The molecule has 2 heterocycles. The summed E-state index contributed by atoms with van der Waals surface area (Å²) in [5.41, 5.74) is 4.31. The van der Waals surface area contributed by atoms with E-state index >= 15 is 0 Å². The van der Waals surface area contributed by atoms with Crippen molar-refractivity contribution >= 4 is 17.7 Å². The maximum absolute atomic E-state index is 13.5. The predicted octanol–water partition coefficient (Wildman–Crippen LogP) is 4.17. The van der Waals surface area contributed by atoms with Crippen LogP contribution in [0.4, 0.5) is 0 Å². The molecule has 0 unspecified atom stereocenters. The number of aromatic nitrogens is 1. The Morgan fingerprint density at radius 1 is 1.06 bits per heavy atom. The summed E-state index contributed by atoms with van der Waals surface area (Å²) in [5.74, 6) is 0.238. The molecule has 1 aliphatic rings. The van der Waals surface area contributed by atoms with Crippen molar-refractivity contribution in [2.24, 2.45) is 0 Å². The van der Waals surface area contributed by atoms with Crippen LogP contribution in [0.5, 0.6) is 11.5 Å². The van der Waals surface area contributed by atoms with Gasteiger partial charge in [0, 0.05) is 24.4 Å². The quantitative estimate of drug-likeness (QED) is 0.443. The number of amides is 3. The van der Waals surface area contributed by atoms with E-state index in [0.717, 1.165) is 22.6 Å². The Morgan fingerprint density at radius 2 is 1.72 bits per heavy atom. The third-order valence-corrected chi connectivity index (χ3v) is 6.28. The molecule has 3 aromatic rings. The second-order valence-corrected chi connectivity index (χ2v) is 8.71. The van der Waals surface area contributed by atoms with Crippen LogP contribution >= 0.6 is 0 Å². The van der Waals surface area contributed by atoms with Gasteiger partial charge >= 0.3 is 0 Å². The third kappa shape index (κ3) is 4.54. The fourth-order valence-electron chi connectivity index (χ4n) is 4.42. The second kappa shape index (κ2) is 10.2. The van der Waals surface area contributed by atoms with Crippen LogP contribution in [0.15, 0.2) is 48.7 Å². The van der Waals surface area contributed by atoms with E-state index in [2.05, 4.69) is 4.98 Å². The fourth-order valence-corrected chi connectivity index (χ4v) is 4.42. The highest BCUT2D eigenvalue weighted by Gasteiger charge is 2.35. The molecule has 0 atom stereocenters. The fraction of sp³-hybridized carbons (Fsp3) is 0.286. The van der Waals surface area contributed by atoms with Gasteiger partial charge in [0.15, 0.2) is 0 Å². The van der Waals surface area contributed by atoms with Crippen molar-refractivity contribution in [1.82, 2.24) is 14.8 Å². The van der Waals surface area contributed by atoms with Crippen molar-refractivity contribution in [2.45, 2.75) is 33.9 Å². The number of pyridine rings is 1. The predicted molar refractivity (Wildman–Crippen MR) is 134 cm³/mol. The van der Waals surface area contributed by atoms with Gasteiger partial charge in [-0.3, -0.25) is 24.3 Å². The zero-order chi connectivity index (χ0) is 26.0. The highest BCUT2D eigenvalue weighted by Crippen LogP contribution is 2.28. The lowest BCUT2D eigenvalue weighted by atomic mass is 10.1. The van der Waals surface area contributed by atoms with Gasteiger partial charge in [-0.15, -0.1) is 0 Å². The number of rotatable bonds is 8. The van der Waals surface area contributed by atoms with Crippen LogP contribution in [-0.2, 0) is 13.1 Å². The van der Waals surface area contributed by atoms with Crippen LogP contribution in [0.1, 0.15) is 60.4 Å². The Hall–Kier alpha value is -4.20. The van der Waals surface area contributed by atoms with E-state index < -0.39 is 0 Å². The Kier molecular flexibility index (Phi) is 7.05. The number of benzene rings is 2. The lowest BCUT2D eigenvalue weighted by Crippen LogP contribution is -2.30.